The summed E-state index contributed by atoms with van der Waals surface area (Å²) in [7, 11) is 2.21. The van der Waals surface area contributed by atoms with Crippen molar-refractivity contribution >= 4 is 0 Å². The third-order valence-corrected chi connectivity index (χ3v) is 4.66. The molecule has 17 heavy (non-hydrogen) atoms. The van der Waals surface area contributed by atoms with Gasteiger partial charge in [-0.1, -0.05) is 12.8 Å². The van der Waals surface area contributed by atoms with Gasteiger partial charge in [-0.3, -0.25) is 0 Å². The van der Waals surface area contributed by atoms with Gasteiger partial charge >= 0.3 is 0 Å². The fraction of sp³-hybridized carbons (Fsp3) is 1.00. The van der Waals surface area contributed by atoms with Crippen LogP contribution in [0.15, 0.2) is 0 Å². The van der Waals surface area contributed by atoms with Crippen LogP contribution in [0.1, 0.15) is 45.4 Å². The van der Waals surface area contributed by atoms with Crippen molar-refractivity contribution in [1.82, 2.24) is 10.2 Å². The first-order valence-corrected chi connectivity index (χ1v) is 7.23. The lowest BCUT2D eigenvalue weighted by molar-refractivity contribution is 0.0410. The molecule has 1 aliphatic carbocycles. The van der Waals surface area contributed by atoms with Crippen LogP contribution in [0, 0.1) is 5.92 Å². The predicted molar refractivity (Wildman–Crippen MR) is 71.1 cm³/mol. The first-order valence-electron chi connectivity index (χ1n) is 7.23. The number of aliphatic hydroxyl groups is 1. The van der Waals surface area contributed by atoms with E-state index in [0.29, 0.717) is 6.04 Å². The van der Waals surface area contributed by atoms with Crippen molar-refractivity contribution in [1.29, 1.82) is 0 Å². The minimum absolute atomic E-state index is 0.408. The molecule has 2 aliphatic rings. The molecule has 1 aliphatic heterocycles. The molecule has 1 heterocycles. The molecular weight excluding hydrogens is 212 g/mol. The maximum absolute atomic E-state index is 10.3. The van der Waals surface area contributed by atoms with E-state index in [1.807, 2.05) is 0 Å². The molecule has 100 valence electrons. The Morgan fingerprint density at radius 1 is 1.35 bits per heavy atom. The van der Waals surface area contributed by atoms with Crippen LogP contribution in [-0.4, -0.2) is 48.3 Å². The first kappa shape index (κ1) is 13.3. The minimum atomic E-state index is -0.408. The van der Waals surface area contributed by atoms with Gasteiger partial charge in [0.1, 0.15) is 0 Å². The molecule has 0 amide bonds. The summed E-state index contributed by atoms with van der Waals surface area (Å²) in [6.45, 7) is 5.51. The third kappa shape index (κ3) is 3.67. The monoisotopic (exact) mass is 240 g/mol. The van der Waals surface area contributed by atoms with Crippen LogP contribution in [-0.2, 0) is 0 Å². The zero-order chi connectivity index (χ0) is 12.3. The fourth-order valence-corrected chi connectivity index (χ4v) is 3.34. The molecule has 0 aromatic rings. The highest BCUT2D eigenvalue weighted by Gasteiger charge is 2.32. The summed E-state index contributed by atoms with van der Waals surface area (Å²) < 4.78 is 0. The Bertz CT molecular complexity index is 238. The zero-order valence-corrected chi connectivity index (χ0v) is 11.4. The van der Waals surface area contributed by atoms with Crippen LogP contribution >= 0.6 is 0 Å². The van der Waals surface area contributed by atoms with Gasteiger partial charge in [0.25, 0.3) is 0 Å². The normalized spacial score (nSPS) is 31.6. The number of rotatable bonds is 4. The molecule has 3 heteroatoms. The van der Waals surface area contributed by atoms with Gasteiger partial charge in [-0.05, 0) is 52.1 Å². The van der Waals surface area contributed by atoms with Crippen LogP contribution in [0.4, 0.5) is 0 Å². The van der Waals surface area contributed by atoms with Gasteiger partial charge in [0.15, 0.2) is 0 Å². The Kier molecular flexibility index (Phi) is 4.45. The van der Waals surface area contributed by atoms with E-state index in [4.69, 9.17) is 0 Å². The molecule has 1 saturated carbocycles. The van der Waals surface area contributed by atoms with Crippen molar-refractivity contribution in [3.63, 3.8) is 0 Å². The molecule has 0 bridgehead atoms. The summed E-state index contributed by atoms with van der Waals surface area (Å²) in [5.74, 6) is 0.749. The second kappa shape index (κ2) is 5.68. The van der Waals surface area contributed by atoms with E-state index in [1.165, 1.54) is 38.8 Å². The number of piperidine rings is 1. The lowest BCUT2D eigenvalue weighted by Crippen LogP contribution is -2.48. The van der Waals surface area contributed by atoms with E-state index < -0.39 is 5.60 Å². The predicted octanol–water partition coefficient (Wildman–Crippen LogP) is 1.61. The largest absolute Gasteiger partial charge is 0.389 e. The number of likely N-dealkylation sites (tertiary alicyclic amines) is 1. The van der Waals surface area contributed by atoms with Crippen molar-refractivity contribution in [2.24, 2.45) is 5.92 Å². The summed E-state index contributed by atoms with van der Waals surface area (Å²) >= 11 is 0. The Morgan fingerprint density at radius 3 is 2.71 bits per heavy atom. The zero-order valence-electron chi connectivity index (χ0n) is 11.4. The van der Waals surface area contributed by atoms with Crippen molar-refractivity contribution in [3.05, 3.63) is 0 Å². The molecule has 0 aromatic heterocycles. The third-order valence-electron chi connectivity index (χ3n) is 4.66. The van der Waals surface area contributed by atoms with Gasteiger partial charge in [-0.25, -0.2) is 0 Å². The molecule has 0 spiro atoms. The second-order valence-electron chi connectivity index (χ2n) is 6.27. The van der Waals surface area contributed by atoms with Gasteiger partial charge < -0.3 is 15.3 Å². The molecular formula is C14H28N2O. The van der Waals surface area contributed by atoms with Gasteiger partial charge in [0.05, 0.1) is 5.60 Å². The summed E-state index contributed by atoms with van der Waals surface area (Å²) in [6, 6.07) is 0.530. The lowest BCUT2D eigenvalue weighted by Gasteiger charge is -2.35. The first-order chi connectivity index (χ1) is 8.09. The Morgan fingerprint density at radius 2 is 2.06 bits per heavy atom. The van der Waals surface area contributed by atoms with Gasteiger partial charge in [0, 0.05) is 19.1 Å². The Labute approximate surface area is 106 Å². The SMILES string of the molecule is CC(NCC1(O)CCCC1)C1CCCN(C)C1. The van der Waals surface area contributed by atoms with Crippen LogP contribution in [0.2, 0.25) is 0 Å². The second-order valence-corrected chi connectivity index (χ2v) is 6.27. The van der Waals surface area contributed by atoms with Crippen LogP contribution in [0.25, 0.3) is 0 Å². The topological polar surface area (TPSA) is 35.5 Å². The highest BCUT2D eigenvalue weighted by atomic mass is 16.3. The maximum Gasteiger partial charge on any atom is 0.0771 e. The van der Waals surface area contributed by atoms with E-state index in [0.717, 1.165) is 25.3 Å². The standard InChI is InChI=1S/C14H28N2O/c1-12(13-6-5-9-16(2)10-13)15-11-14(17)7-3-4-8-14/h12-13,15,17H,3-11H2,1-2H3. The number of hydrogen-bond acceptors (Lipinski definition) is 3. The minimum Gasteiger partial charge on any atom is -0.389 e. The smallest absolute Gasteiger partial charge is 0.0771 e. The molecule has 2 fully saturated rings. The van der Waals surface area contributed by atoms with Gasteiger partial charge in [-0.2, -0.15) is 0 Å². The van der Waals surface area contributed by atoms with Crippen LogP contribution < -0.4 is 5.32 Å². The lowest BCUT2D eigenvalue weighted by atomic mass is 9.91. The molecule has 3 nitrogen and oxygen atoms in total. The molecule has 2 atom stereocenters. The van der Waals surface area contributed by atoms with E-state index in [1.54, 1.807) is 0 Å². The summed E-state index contributed by atoms with van der Waals surface area (Å²) in [5.41, 5.74) is -0.408. The van der Waals surface area contributed by atoms with Crippen molar-refractivity contribution in [2.45, 2.75) is 57.1 Å². The molecule has 2 rings (SSSR count). The number of nitrogens with one attached hydrogen (secondary N) is 1. The molecule has 0 radical (unpaired) electrons. The van der Waals surface area contributed by atoms with Crippen LogP contribution in [0.5, 0.6) is 0 Å². The Hall–Kier alpha value is -0.120. The fourth-order valence-electron chi connectivity index (χ4n) is 3.34. The van der Waals surface area contributed by atoms with Crippen molar-refractivity contribution in [3.8, 4) is 0 Å². The Balaban J connectivity index is 1.74. The maximum atomic E-state index is 10.3. The molecule has 0 aromatic carbocycles. The quantitative estimate of drug-likeness (QED) is 0.784. The van der Waals surface area contributed by atoms with E-state index in [2.05, 4.69) is 24.2 Å². The van der Waals surface area contributed by atoms with Crippen molar-refractivity contribution < 1.29 is 5.11 Å². The van der Waals surface area contributed by atoms with E-state index >= 15 is 0 Å². The number of nitrogens with zero attached hydrogens (tertiary/aromatic N) is 1. The molecule has 2 N–H and O–H groups in total. The van der Waals surface area contributed by atoms with Gasteiger partial charge in [-0.15, -0.1) is 0 Å². The van der Waals surface area contributed by atoms with Gasteiger partial charge in [0.2, 0.25) is 0 Å². The highest BCUT2D eigenvalue weighted by molar-refractivity contribution is 4.88. The molecule has 2 unspecified atom stereocenters. The van der Waals surface area contributed by atoms with Crippen molar-refractivity contribution in [2.75, 3.05) is 26.7 Å². The summed E-state index contributed by atoms with van der Waals surface area (Å²) in [6.07, 6.45) is 7.00. The van der Waals surface area contributed by atoms with Crippen LogP contribution in [0.3, 0.4) is 0 Å². The van der Waals surface area contributed by atoms with E-state index in [9.17, 15) is 5.11 Å². The average Bonchev–Trinajstić information content (AvgIpc) is 2.74. The summed E-state index contributed by atoms with van der Waals surface area (Å²) in [5, 5.41) is 13.9. The molecule has 1 saturated heterocycles. The highest BCUT2D eigenvalue weighted by Crippen LogP contribution is 2.29. The average molecular weight is 240 g/mol. The summed E-state index contributed by atoms with van der Waals surface area (Å²) in [4.78, 5) is 2.43. The number of hydrogen-bond donors (Lipinski definition) is 2. The van der Waals surface area contributed by atoms with E-state index in [-0.39, 0.29) is 0 Å².